The summed E-state index contributed by atoms with van der Waals surface area (Å²) in [6.45, 7) is 1.74. The van der Waals surface area contributed by atoms with E-state index in [2.05, 4.69) is 10.1 Å². The largest absolute Gasteiger partial charge is 0.467 e. The number of hydrogen-bond donors (Lipinski definition) is 1. The lowest BCUT2D eigenvalue weighted by molar-refractivity contribution is -0.145. The van der Waals surface area contributed by atoms with Crippen LogP contribution in [0.2, 0.25) is 0 Å². The normalized spacial score (nSPS) is 11.6. The number of hydrogen-bond acceptors (Lipinski definition) is 3. The van der Waals surface area contributed by atoms with Crippen LogP contribution in [-0.4, -0.2) is 25.0 Å². The van der Waals surface area contributed by atoms with Crippen LogP contribution in [0.1, 0.15) is 18.9 Å². The molecule has 1 aromatic carbocycles. The average molecular weight is 235 g/mol. The van der Waals surface area contributed by atoms with Gasteiger partial charge in [0, 0.05) is 12.8 Å². The molecule has 0 bridgehead atoms. The third kappa shape index (κ3) is 4.26. The monoisotopic (exact) mass is 235 g/mol. The maximum atomic E-state index is 11.5. The van der Waals surface area contributed by atoms with Crippen LogP contribution < -0.4 is 5.32 Å². The molecule has 0 aromatic heterocycles. The predicted molar refractivity (Wildman–Crippen MR) is 64.4 cm³/mol. The highest BCUT2D eigenvalue weighted by Gasteiger charge is 2.20. The summed E-state index contributed by atoms with van der Waals surface area (Å²) in [7, 11) is 1.32. The van der Waals surface area contributed by atoms with Crippen molar-refractivity contribution >= 4 is 11.9 Å². The van der Waals surface area contributed by atoms with Crippen molar-refractivity contribution in [2.24, 2.45) is 0 Å². The molecule has 0 spiro atoms. The Kier molecular flexibility index (Phi) is 5.20. The number of rotatable bonds is 5. The second-order valence-electron chi connectivity index (χ2n) is 3.69. The lowest BCUT2D eigenvalue weighted by Gasteiger charge is -2.16. The molecule has 0 fully saturated rings. The molecule has 0 saturated heterocycles. The van der Waals surface area contributed by atoms with Crippen LogP contribution in [0.3, 0.4) is 0 Å². The van der Waals surface area contributed by atoms with Gasteiger partial charge in [0.1, 0.15) is 6.04 Å². The highest BCUT2D eigenvalue weighted by Crippen LogP contribution is 2.04. The summed E-state index contributed by atoms with van der Waals surface area (Å²) in [6, 6.07) is 8.90. The highest BCUT2D eigenvalue weighted by molar-refractivity contribution is 5.84. The molecule has 17 heavy (non-hydrogen) atoms. The summed E-state index contributed by atoms with van der Waals surface area (Å²) in [5.74, 6) is -0.577. The molecule has 1 unspecified atom stereocenters. The van der Waals surface area contributed by atoms with Gasteiger partial charge in [-0.1, -0.05) is 37.3 Å². The summed E-state index contributed by atoms with van der Waals surface area (Å²) in [4.78, 5) is 22.8. The topological polar surface area (TPSA) is 55.4 Å². The minimum absolute atomic E-state index is 0.156. The van der Waals surface area contributed by atoms with Gasteiger partial charge < -0.3 is 10.1 Å². The standard InChI is InChI=1S/C13H17NO3/c1-3-12(15)14-11(13(16)17-2)9-10-7-5-4-6-8-10/h4-8,11H,3,9H2,1-2H3,(H,14,15). The minimum atomic E-state index is -0.616. The molecule has 0 saturated carbocycles. The van der Waals surface area contributed by atoms with Crippen molar-refractivity contribution < 1.29 is 14.3 Å². The number of ether oxygens (including phenoxy) is 1. The predicted octanol–water partition coefficient (Wildman–Crippen LogP) is 1.30. The first kappa shape index (κ1) is 13.2. The molecule has 1 aromatic rings. The van der Waals surface area contributed by atoms with E-state index in [0.29, 0.717) is 12.8 Å². The first-order chi connectivity index (χ1) is 8.17. The third-order valence-electron chi connectivity index (χ3n) is 2.42. The van der Waals surface area contributed by atoms with E-state index in [-0.39, 0.29) is 5.91 Å². The van der Waals surface area contributed by atoms with Gasteiger partial charge in [-0.3, -0.25) is 4.79 Å². The lowest BCUT2D eigenvalue weighted by atomic mass is 10.1. The van der Waals surface area contributed by atoms with Gasteiger partial charge in [-0.25, -0.2) is 4.79 Å². The van der Waals surface area contributed by atoms with Gasteiger partial charge in [0.25, 0.3) is 0 Å². The van der Waals surface area contributed by atoms with E-state index in [9.17, 15) is 9.59 Å². The summed E-state index contributed by atoms with van der Waals surface area (Å²) >= 11 is 0. The molecule has 0 aliphatic rings. The molecule has 1 atom stereocenters. The molecule has 1 rings (SSSR count). The highest BCUT2D eigenvalue weighted by atomic mass is 16.5. The summed E-state index contributed by atoms with van der Waals surface area (Å²) in [6.07, 6.45) is 0.793. The van der Waals surface area contributed by atoms with Gasteiger partial charge in [0.05, 0.1) is 7.11 Å². The zero-order chi connectivity index (χ0) is 12.7. The molecular formula is C13H17NO3. The summed E-state index contributed by atoms with van der Waals surface area (Å²) in [5, 5.41) is 2.65. The Labute approximate surface area is 101 Å². The maximum absolute atomic E-state index is 11.5. The van der Waals surface area contributed by atoms with Gasteiger partial charge in [-0.15, -0.1) is 0 Å². The minimum Gasteiger partial charge on any atom is -0.467 e. The van der Waals surface area contributed by atoms with Gasteiger partial charge >= 0.3 is 5.97 Å². The quantitative estimate of drug-likeness (QED) is 0.782. The van der Waals surface area contributed by atoms with Crippen LogP contribution in [-0.2, 0) is 20.7 Å². The van der Waals surface area contributed by atoms with Crippen molar-refractivity contribution in [2.45, 2.75) is 25.8 Å². The number of benzene rings is 1. The fourth-order valence-electron chi connectivity index (χ4n) is 1.48. The van der Waals surface area contributed by atoms with Crippen molar-refractivity contribution in [3.05, 3.63) is 35.9 Å². The van der Waals surface area contributed by atoms with Gasteiger partial charge in [-0.05, 0) is 5.56 Å². The van der Waals surface area contributed by atoms with E-state index < -0.39 is 12.0 Å². The Bertz CT molecular complexity index is 376. The van der Waals surface area contributed by atoms with Crippen molar-refractivity contribution in [1.82, 2.24) is 5.32 Å². The number of carbonyl (C=O) groups excluding carboxylic acids is 2. The smallest absolute Gasteiger partial charge is 0.328 e. The molecule has 0 radical (unpaired) electrons. The molecule has 1 N–H and O–H groups in total. The first-order valence-corrected chi connectivity index (χ1v) is 5.58. The van der Waals surface area contributed by atoms with Crippen molar-refractivity contribution in [3.63, 3.8) is 0 Å². The average Bonchev–Trinajstić information content (AvgIpc) is 2.38. The van der Waals surface area contributed by atoms with E-state index in [1.165, 1.54) is 7.11 Å². The molecular weight excluding hydrogens is 218 g/mol. The fraction of sp³-hybridized carbons (Fsp3) is 0.385. The van der Waals surface area contributed by atoms with Crippen LogP contribution in [0, 0.1) is 0 Å². The third-order valence-corrected chi connectivity index (χ3v) is 2.42. The first-order valence-electron chi connectivity index (χ1n) is 5.58. The van der Waals surface area contributed by atoms with E-state index in [4.69, 9.17) is 0 Å². The molecule has 0 aliphatic carbocycles. The van der Waals surface area contributed by atoms with Crippen LogP contribution in [0.25, 0.3) is 0 Å². The number of amides is 1. The number of carbonyl (C=O) groups is 2. The van der Waals surface area contributed by atoms with Crippen LogP contribution in [0.15, 0.2) is 30.3 Å². The second-order valence-corrected chi connectivity index (χ2v) is 3.69. The van der Waals surface area contributed by atoms with Crippen molar-refractivity contribution in [2.75, 3.05) is 7.11 Å². The van der Waals surface area contributed by atoms with Gasteiger partial charge in [0.15, 0.2) is 0 Å². The van der Waals surface area contributed by atoms with Gasteiger partial charge in [-0.2, -0.15) is 0 Å². The summed E-state index contributed by atoms with van der Waals surface area (Å²) < 4.78 is 4.68. The van der Waals surface area contributed by atoms with E-state index in [1.807, 2.05) is 30.3 Å². The molecule has 1 amide bonds. The molecule has 92 valence electrons. The molecule has 0 aliphatic heterocycles. The fourth-order valence-corrected chi connectivity index (χ4v) is 1.48. The Hall–Kier alpha value is -1.84. The molecule has 0 heterocycles. The van der Waals surface area contributed by atoms with E-state index in [1.54, 1.807) is 6.92 Å². The van der Waals surface area contributed by atoms with Crippen molar-refractivity contribution in [3.8, 4) is 0 Å². The Morgan fingerprint density at radius 3 is 2.47 bits per heavy atom. The SMILES string of the molecule is CCC(=O)NC(Cc1ccccc1)C(=O)OC. The number of esters is 1. The zero-order valence-corrected chi connectivity index (χ0v) is 10.1. The molecule has 4 heteroatoms. The van der Waals surface area contributed by atoms with Gasteiger partial charge in [0.2, 0.25) is 5.91 Å². The Morgan fingerprint density at radius 1 is 1.29 bits per heavy atom. The van der Waals surface area contributed by atoms with Crippen LogP contribution >= 0.6 is 0 Å². The molecule has 4 nitrogen and oxygen atoms in total. The Balaban J connectivity index is 2.70. The van der Waals surface area contributed by atoms with Crippen LogP contribution in [0.5, 0.6) is 0 Å². The summed E-state index contributed by atoms with van der Waals surface area (Å²) in [5.41, 5.74) is 0.985. The van der Waals surface area contributed by atoms with E-state index >= 15 is 0 Å². The number of methoxy groups -OCH3 is 1. The maximum Gasteiger partial charge on any atom is 0.328 e. The Morgan fingerprint density at radius 2 is 1.94 bits per heavy atom. The van der Waals surface area contributed by atoms with Crippen molar-refractivity contribution in [1.29, 1.82) is 0 Å². The van der Waals surface area contributed by atoms with Crippen LogP contribution in [0.4, 0.5) is 0 Å². The number of nitrogens with one attached hydrogen (secondary N) is 1. The van der Waals surface area contributed by atoms with E-state index in [0.717, 1.165) is 5.56 Å². The second kappa shape index (κ2) is 6.68. The zero-order valence-electron chi connectivity index (χ0n) is 10.1. The lowest BCUT2D eigenvalue weighted by Crippen LogP contribution is -2.42.